The molecule has 1 aromatic heterocycles. The van der Waals surface area contributed by atoms with E-state index in [-0.39, 0.29) is 6.10 Å². The molecule has 0 aromatic carbocycles. The Balaban J connectivity index is 2.00. The highest BCUT2D eigenvalue weighted by molar-refractivity contribution is 5.14. The predicted octanol–water partition coefficient (Wildman–Crippen LogP) is 2.33. The highest BCUT2D eigenvalue weighted by Crippen LogP contribution is 2.27. The molecule has 0 aliphatic heterocycles. The molecule has 100 valence electrons. The number of nitrogens with two attached hydrogens (primary N) is 1. The maximum Gasteiger partial charge on any atom is 0.216 e. The molecule has 4 heteroatoms. The van der Waals surface area contributed by atoms with E-state index in [1.807, 2.05) is 6.07 Å². The van der Waals surface area contributed by atoms with Crippen molar-refractivity contribution in [3.05, 3.63) is 18.1 Å². The van der Waals surface area contributed by atoms with Gasteiger partial charge in [-0.2, -0.15) is 0 Å². The van der Waals surface area contributed by atoms with Crippen LogP contribution in [0.1, 0.15) is 44.7 Å². The Labute approximate surface area is 109 Å². The van der Waals surface area contributed by atoms with Crippen LogP contribution in [0.3, 0.4) is 0 Å². The van der Waals surface area contributed by atoms with Gasteiger partial charge in [-0.3, -0.25) is 0 Å². The van der Waals surface area contributed by atoms with E-state index in [9.17, 15) is 0 Å². The van der Waals surface area contributed by atoms with Gasteiger partial charge in [0.05, 0.1) is 0 Å². The average Bonchev–Trinajstić information content (AvgIpc) is 2.40. The second-order valence-corrected chi connectivity index (χ2v) is 5.03. The molecule has 2 unspecified atom stereocenters. The quantitative estimate of drug-likeness (QED) is 0.870. The van der Waals surface area contributed by atoms with Gasteiger partial charge in [-0.1, -0.05) is 19.8 Å². The van der Waals surface area contributed by atoms with Gasteiger partial charge in [0.15, 0.2) is 0 Å². The molecule has 1 aliphatic carbocycles. The standard InChI is InChI=1S/C14H23N3O/c1-2-5-12-8-14(17-10-16-12)18-13-7-4-3-6-11(13)9-15/h8,10-11,13H,2-7,9,15H2,1H3. The molecule has 2 atom stereocenters. The minimum absolute atomic E-state index is 0.230. The van der Waals surface area contributed by atoms with Gasteiger partial charge in [0.25, 0.3) is 0 Å². The van der Waals surface area contributed by atoms with Crippen LogP contribution in [0.25, 0.3) is 0 Å². The van der Waals surface area contributed by atoms with Crippen molar-refractivity contribution < 1.29 is 4.74 Å². The molecule has 1 heterocycles. The molecule has 0 bridgehead atoms. The number of nitrogens with zero attached hydrogens (tertiary/aromatic N) is 2. The van der Waals surface area contributed by atoms with Crippen LogP contribution in [0.4, 0.5) is 0 Å². The lowest BCUT2D eigenvalue weighted by Gasteiger charge is -2.30. The summed E-state index contributed by atoms with van der Waals surface area (Å²) in [5, 5.41) is 0. The Morgan fingerprint density at radius 3 is 2.94 bits per heavy atom. The first-order chi connectivity index (χ1) is 8.83. The maximum absolute atomic E-state index is 6.01. The van der Waals surface area contributed by atoms with E-state index in [1.54, 1.807) is 6.33 Å². The van der Waals surface area contributed by atoms with Crippen LogP contribution in [0.15, 0.2) is 12.4 Å². The number of hydrogen-bond acceptors (Lipinski definition) is 4. The SMILES string of the molecule is CCCc1cc(OC2CCCCC2CN)ncn1. The Bertz CT molecular complexity index is 370. The van der Waals surface area contributed by atoms with Gasteiger partial charge in [-0.05, 0) is 32.2 Å². The molecule has 0 saturated heterocycles. The lowest BCUT2D eigenvalue weighted by atomic mass is 9.86. The third kappa shape index (κ3) is 3.42. The summed E-state index contributed by atoms with van der Waals surface area (Å²) in [5.74, 6) is 1.18. The Morgan fingerprint density at radius 1 is 1.33 bits per heavy atom. The lowest BCUT2D eigenvalue weighted by Crippen LogP contribution is -2.35. The van der Waals surface area contributed by atoms with E-state index < -0.39 is 0 Å². The Hall–Kier alpha value is -1.16. The fraction of sp³-hybridized carbons (Fsp3) is 0.714. The summed E-state index contributed by atoms with van der Waals surface area (Å²) < 4.78 is 6.01. The van der Waals surface area contributed by atoms with E-state index in [4.69, 9.17) is 10.5 Å². The van der Waals surface area contributed by atoms with Crippen molar-refractivity contribution >= 4 is 0 Å². The average molecular weight is 249 g/mol. The molecule has 2 rings (SSSR count). The summed E-state index contributed by atoms with van der Waals surface area (Å²) in [6.07, 6.45) is 8.66. The smallest absolute Gasteiger partial charge is 0.216 e. The fourth-order valence-electron chi connectivity index (χ4n) is 2.59. The van der Waals surface area contributed by atoms with E-state index in [0.717, 1.165) is 25.0 Å². The van der Waals surface area contributed by atoms with Gasteiger partial charge >= 0.3 is 0 Å². The normalized spacial score (nSPS) is 23.9. The highest BCUT2D eigenvalue weighted by atomic mass is 16.5. The maximum atomic E-state index is 6.01. The van der Waals surface area contributed by atoms with Crippen molar-refractivity contribution in [1.29, 1.82) is 0 Å². The Kier molecular flexibility index (Phi) is 4.93. The summed E-state index contributed by atoms with van der Waals surface area (Å²) in [4.78, 5) is 8.46. The second kappa shape index (κ2) is 6.69. The topological polar surface area (TPSA) is 61.0 Å². The van der Waals surface area contributed by atoms with E-state index in [1.165, 1.54) is 19.3 Å². The molecule has 2 N–H and O–H groups in total. The Morgan fingerprint density at radius 2 is 2.17 bits per heavy atom. The molecule has 1 aromatic rings. The summed E-state index contributed by atoms with van der Waals surface area (Å²) in [6.45, 7) is 2.85. The van der Waals surface area contributed by atoms with Crippen molar-refractivity contribution in [1.82, 2.24) is 9.97 Å². The first-order valence-corrected chi connectivity index (χ1v) is 7.01. The first-order valence-electron chi connectivity index (χ1n) is 7.01. The second-order valence-electron chi connectivity index (χ2n) is 5.03. The monoisotopic (exact) mass is 249 g/mol. The zero-order chi connectivity index (χ0) is 12.8. The molecule has 0 spiro atoms. The van der Waals surface area contributed by atoms with Gasteiger partial charge in [-0.25, -0.2) is 9.97 Å². The first kappa shape index (κ1) is 13.3. The summed E-state index contributed by atoms with van der Waals surface area (Å²) in [7, 11) is 0. The molecule has 0 radical (unpaired) electrons. The zero-order valence-corrected chi connectivity index (χ0v) is 11.1. The lowest BCUT2D eigenvalue weighted by molar-refractivity contribution is 0.0920. The van der Waals surface area contributed by atoms with Crippen LogP contribution in [0.2, 0.25) is 0 Å². The van der Waals surface area contributed by atoms with Crippen molar-refractivity contribution in [2.45, 2.75) is 51.6 Å². The van der Waals surface area contributed by atoms with Crippen LogP contribution in [-0.2, 0) is 6.42 Å². The van der Waals surface area contributed by atoms with Crippen LogP contribution in [-0.4, -0.2) is 22.6 Å². The third-order valence-corrected chi connectivity index (χ3v) is 3.62. The zero-order valence-electron chi connectivity index (χ0n) is 11.1. The van der Waals surface area contributed by atoms with Crippen LogP contribution in [0.5, 0.6) is 5.88 Å². The number of aryl methyl sites for hydroxylation is 1. The third-order valence-electron chi connectivity index (χ3n) is 3.62. The van der Waals surface area contributed by atoms with Crippen molar-refractivity contribution in [2.24, 2.45) is 11.7 Å². The molecular formula is C14H23N3O. The van der Waals surface area contributed by atoms with Crippen molar-refractivity contribution in [3.8, 4) is 5.88 Å². The van der Waals surface area contributed by atoms with Crippen molar-refractivity contribution in [2.75, 3.05) is 6.54 Å². The summed E-state index contributed by atoms with van der Waals surface area (Å²) in [5.41, 5.74) is 6.87. The van der Waals surface area contributed by atoms with Gasteiger partial charge < -0.3 is 10.5 Å². The minimum atomic E-state index is 0.230. The molecular weight excluding hydrogens is 226 g/mol. The van der Waals surface area contributed by atoms with Crippen LogP contribution >= 0.6 is 0 Å². The highest BCUT2D eigenvalue weighted by Gasteiger charge is 2.25. The molecule has 1 aliphatic rings. The molecule has 4 nitrogen and oxygen atoms in total. The molecule has 18 heavy (non-hydrogen) atoms. The number of rotatable bonds is 5. The van der Waals surface area contributed by atoms with E-state index >= 15 is 0 Å². The van der Waals surface area contributed by atoms with Gasteiger partial charge in [0.1, 0.15) is 12.4 Å². The molecule has 1 saturated carbocycles. The number of hydrogen-bond donors (Lipinski definition) is 1. The largest absolute Gasteiger partial charge is 0.474 e. The van der Waals surface area contributed by atoms with Crippen molar-refractivity contribution in [3.63, 3.8) is 0 Å². The number of ether oxygens (including phenoxy) is 1. The fourth-order valence-corrected chi connectivity index (χ4v) is 2.59. The number of aromatic nitrogens is 2. The van der Waals surface area contributed by atoms with Crippen LogP contribution < -0.4 is 10.5 Å². The van der Waals surface area contributed by atoms with Crippen LogP contribution in [0, 0.1) is 5.92 Å². The van der Waals surface area contributed by atoms with E-state index in [0.29, 0.717) is 18.3 Å². The predicted molar refractivity (Wildman–Crippen MR) is 71.5 cm³/mol. The summed E-state index contributed by atoms with van der Waals surface area (Å²) in [6, 6.07) is 1.96. The molecule has 0 amide bonds. The summed E-state index contributed by atoms with van der Waals surface area (Å²) >= 11 is 0. The van der Waals surface area contributed by atoms with Gasteiger partial charge in [0.2, 0.25) is 5.88 Å². The minimum Gasteiger partial charge on any atom is -0.474 e. The molecule has 1 fully saturated rings. The van der Waals surface area contributed by atoms with E-state index in [2.05, 4.69) is 16.9 Å². The van der Waals surface area contributed by atoms with Gasteiger partial charge in [-0.15, -0.1) is 0 Å². The van der Waals surface area contributed by atoms with Gasteiger partial charge in [0, 0.05) is 17.7 Å².